The van der Waals surface area contributed by atoms with Crippen LogP contribution in [0.2, 0.25) is 0 Å². The lowest BCUT2D eigenvalue weighted by Gasteiger charge is -2.21. The van der Waals surface area contributed by atoms with Gasteiger partial charge in [0.05, 0.1) is 13.2 Å². The van der Waals surface area contributed by atoms with Gasteiger partial charge >= 0.3 is 0 Å². The molecule has 0 fully saturated rings. The first kappa shape index (κ1) is 15.7. The van der Waals surface area contributed by atoms with E-state index in [0.717, 1.165) is 12.8 Å². The van der Waals surface area contributed by atoms with Crippen LogP contribution in [0.25, 0.3) is 0 Å². The molecule has 0 bridgehead atoms. The van der Waals surface area contributed by atoms with E-state index in [-0.39, 0.29) is 12.5 Å². The maximum Gasteiger partial charge on any atom is 0.222 e. The Labute approximate surface area is 115 Å². The SMILES string of the molecule is COCCN(CCO)C(=O)CCCc1ccccc1. The molecule has 1 aromatic carbocycles. The van der Waals surface area contributed by atoms with Crippen LogP contribution < -0.4 is 0 Å². The average Bonchev–Trinajstić information content (AvgIpc) is 2.44. The molecule has 1 amide bonds. The van der Waals surface area contributed by atoms with Gasteiger partial charge < -0.3 is 14.7 Å². The maximum absolute atomic E-state index is 12.0. The summed E-state index contributed by atoms with van der Waals surface area (Å²) in [6, 6.07) is 10.1. The van der Waals surface area contributed by atoms with Crippen molar-refractivity contribution in [3.8, 4) is 0 Å². The quantitative estimate of drug-likeness (QED) is 0.735. The third-order valence-electron chi connectivity index (χ3n) is 2.99. The van der Waals surface area contributed by atoms with Crippen molar-refractivity contribution < 1.29 is 14.6 Å². The van der Waals surface area contributed by atoms with Gasteiger partial charge in [-0.15, -0.1) is 0 Å². The summed E-state index contributed by atoms with van der Waals surface area (Å²) in [6.07, 6.45) is 2.25. The number of benzene rings is 1. The van der Waals surface area contributed by atoms with Gasteiger partial charge in [0.2, 0.25) is 5.91 Å². The maximum atomic E-state index is 12.0. The molecule has 0 unspecified atom stereocenters. The molecule has 0 atom stereocenters. The minimum Gasteiger partial charge on any atom is -0.395 e. The van der Waals surface area contributed by atoms with Crippen molar-refractivity contribution in [2.24, 2.45) is 0 Å². The third-order valence-corrected chi connectivity index (χ3v) is 2.99. The van der Waals surface area contributed by atoms with Crippen molar-refractivity contribution >= 4 is 5.91 Å². The molecule has 0 aliphatic rings. The number of aryl methyl sites for hydroxylation is 1. The summed E-state index contributed by atoms with van der Waals surface area (Å²) in [7, 11) is 1.61. The molecule has 19 heavy (non-hydrogen) atoms. The van der Waals surface area contributed by atoms with Crippen molar-refractivity contribution in [2.75, 3.05) is 33.4 Å². The number of carbonyl (C=O) groups is 1. The predicted octanol–water partition coefficient (Wildman–Crippen LogP) is 1.48. The van der Waals surface area contributed by atoms with Crippen molar-refractivity contribution in [3.05, 3.63) is 35.9 Å². The van der Waals surface area contributed by atoms with Gasteiger partial charge in [-0.25, -0.2) is 0 Å². The zero-order valence-corrected chi connectivity index (χ0v) is 11.5. The lowest BCUT2D eigenvalue weighted by Crippen LogP contribution is -2.36. The zero-order valence-electron chi connectivity index (χ0n) is 11.5. The minimum atomic E-state index is -0.00581. The topological polar surface area (TPSA) is 49.8 Å². The molecule has 4 nitrogen and oxygen atoms in total. The van der Waals surface area contributed by atoms with Crippen LogP contribution in [0.4, 0.5) is 0 Å². The highest BCUT2D eigenvalue weighted by Gasteiger charge is 2.12. The smallest absolute Gasteiger partial charge is 0.222 e. The van der Waals surface area contributed by atoms with Gasteiger partial charge in [0, 0.05) is 26.6 Å². The van der Waals surface area contributed by atoms with E-state index in [1.165, 1.54) is 5.56 Å². The molecule has 1 rings (SSSR count). The number of hydrogen-bond donors (Lipinski definition) is 1. The van der Waals surface area contributed by atoms with Crippen molar-refractivity contribution in [3.63, 3.8) is 0 Å². The van der Waals surface area contributed by atoms with E-state index in [0.29, 0.717) is 26.1 Å². The van der Waals surface area contributed by atoms with E-state index >= 15 is 0 Å². The summed E-state index contributed by atoms with van der Waals surface area (Å²) in [5.41, 5.74) is 1.25. The van der Waals surface area contributed by atoms with Crippen LogP contribution in [0.15, 0.2) is 30.3 Å². The molecule has 0 saturated carbocycles. The Bertz CT molecular complexity index is 354. The number of amides is 1. The Morgan fingerprint density at radius 2 is 2.00 bits per heavy atom. The molecular formula is C15H23NO3. The summed E-state index contributed by atoms with van der Waals surface area (Å²) in [5.74, 6) is 0.0852. The highest BCUT2D eigenvalue weighted by atomic mass is 16.5. The first-order valence-corrected chi connectivity index (χ1v) is 6.69. The van der Waals surface area contributed by atoms with E-state index in [1.807, 2.05) is 18.2 Å². The molecule has 4 heteroatoms. The summed E-state index contributed by atoms with van der Waals surface area (Å²) in [4.78, 5) is 13.6. The average molecular weight is 265 g/mol. The molecule has 0 heterocycles. The van der Waals surface area contributed by atoms with E-state index in [1.54, 1.807) is 12.0 Å². The second kappa shape index (κ2) is 9.53. The van der Waals surface area contributed by atoms with E-state index in [9.17, 15) is 4.79 Å². The van der Waals surface area contributed by atoms with Crippen LogP contribution in [-0.2, 0) is 16.0 Å². The van der Waals surface area contributed by atoms with Crippen LogP contribution >= 0.6 is 0 Å². The van der Waals surface area contributed by atoms with Crippen LogP contribution in [0.3, 0.4) is 0 Å². The highest BCUT2D eigenvalue weighted by molar-refractivity contribution is 5.76. The lowest BCUT2D eigenvalue weighted by atomic mass is 10.1. The Morgan fingerprint density at radius 3 is 2.63 bits per heavy atom. The largest absolute Gasteiger partial charge is 0.395 e. The summed E-state index contributed by atoms with van der Waals surface area (Å²) >= 11 is 0. The first-order chi connectivity index (χ1) is 9.27. The van der Waals surface area contributed by atoms with Gasteiger partial charge in [0.25, 0.3) is 0 Å². The van der Waals surface area contributed by atoms with Crippen LogP contribution in [-0.4, -0.2) is 49.3 Å². The number of ether oxygens (including phenoxy) is 1. The van der Waals surface area contributed by atoms with E-state index < -0.39 is 0 Å². The molecule has 0 aliphatic heterocycles. The number of rotatable bonds is 9. The number of aliphatic hydroxyl groups excluding tert-OH is 1. The van der Waals surface area contributed by atoms with Crippen molar-refractivity contribution in [1.29, 1.82) is 0 Å². The summed E-state index contributed by atoms with van der Waals surface area (Å²) in [6.45, 7) is 1.42. The second-order valence-electron chi connectivity index (χ2n) is 4.44. The van der Waals surface area contributed by atoms with Gasteiger partial charge in [-0.05, 0) is 18.4 Å². The number of methoxy groups -OCH3 is 1. The first-order valence-electron chi connectivity index (χ1n) is 6.69. The fraction of sp³-hybridized carbons (Fsp3) is 0.533. The van der Waals surface area contributed by atoms with Crippen LogP contribution in [0.1, 0.15) is 18.4 Å². The van der Waals surface area contributed by atoms with Gasteiger partial charge in [0.1, 0.15) is 0 Å². The summed E-state index contributed by atoms with van der Waals surface area (Å²) in [5, 5.41) is 8.95. The highest BCUT2D eigenvalue weighted by Crippen LogP contribution is 2.06. The van der Waals surface area contributed by atoms with E-state index in [2.05, 4.69) is 12.1 Å². The fourth-order valence-corrected chi connectivity index (χ4v) is 1.93. The van der Waals surface area contributed by atoms with Gasteiger partial charge in [-0.3, -0.25) is 4.79 Å². The van der Waals surface area contributed by atoms with Gasteiger partial charge in [0.15, 0.2) is 0 Å². The predicted molar refractivity (Wildman–Crippen MR) is 74.9 cm³/mol. The monoisotopic (exact) mass is 265 g/mol. The molecule has 1 N–H and O–H groups in total. The number of aliphatic hydroxyl groups is 1. The fourth-order valence-electron chi connectivity index (χ4n) is 1.93. The molecule has 0 spiro atoms. The van der Waals surface area contributed by atoms with Gasteiger partial charge in [-0.2, -0.15) is 0 Å². The molecule has 1 aromatic rings. The Morgan fingerprint density at radius 1 is 1.26 bits per heavy atom. The molecule has 0 radical (unpaired) electrons. The standard InChI is InChI=1S/C15H23NO3/c1-19-13-11-16(10-12-17)15(18)9-5-8-14-6-3-2-4-7-14/h2-4,6-7,17H,5,8-13H2,1H3. The second-order valence-corrected chi connectivity index (χ2v) is 4.44. The Balaban J connectivity index is 2.31. The third kappa shape index (κ3) is 6.36. The van der Waals surface area contributed by atoms with Crippen molar-refractivity contribution in [1.82, 2.24) is 4.90 Å². The zero-order chi connectivity index (χ0) is 13.9. The number of carbonyl (C=O) groups excluding carboxylic acids is 1. The lowest BCUT2D eigenvalue weighted by molar-refractivity contribution is -0.132. The van der Waals surface area contributed by atoms with E-state index in [4.69, 9.17) is 9.84 Å². The molecule has 106 valence electrons. The van der Waals surface area contributed by atoms with Crippen molar-refractivity contribution in [2.45, 2.75) is 19.3 Å². The minimum absolute atomic E-state index is 0.00581. The Hall–Kier alpha value is -1.39. The normalized spacial score (nSPS) is 10.4. The van der Waals surface area contributed by atoms with Crippen LogP contribution in [0.5, 0.6) is 0 Å². The number of hydrogen-bond acceptors (Lipinski definition) is 3. The molecule has 0 aromatic heterocycles. The number of nitrogens with zero attached hydrogens (tertiary/aromatic N) is 1. The summed E-state index contributed by atoms with van der Waals surface area (Å²) < 4.78 is 4.97. The molecular weight excluding hydrogens is 242 g/mol. The van der Waals surface area contributed by atoms with Crippen LogP contribution in [0, 0.1) is 0 Å². The molecule has 0 saturated heterocycles. The molecule has 0 aliphatic carbocycles. The Kier molecular flexibility index (Phi) is 7.86. The van der Waals surface area contributed by atoms with Gasteiger partial charge in [-0.1, -0.05) is 30.3 Å².